The van der Waals surface area contributed by atoms with Crippen LogP contribution in [0.1, 0.15) is 48.3 Å². The molecule has 1 N–H and O–H groups in total. The zero-order valence-electron chi connectivity index (χ0n) is 16.0. The van der Waals surface area contributed by atoms with Gasteiger partial charge >= 0.3 is 5.97 Å². The average molecular weight is 360 g/mol. The van der Waals surface area contributed by atoms with E-state index >= 15 is 0 Å². The maximum Gasteiger partial charge on any atom is 0.338 e. The van der Waals surface area contributed by atoms with Crippen LogP contribution in [0.3, 0.4) is 0 Å². The molecule has 4 heteroatoms. The van der Waals surface area contributed by atoms with Crippen LogP contribution >= 0.6 is 0 Å². The van der Waals surface area contributed by atoms with E-state index in [-0.39, 0.29) is 5.97 Å². The van der Waals surface area contributed by atoms with E-state index < -0.39 is 0 Å². The summed E-state index contributed by atoms with van der Waals surface area (Å²) >= 11 is 0. The monoisotopic (exact) mass is 360 g/mol. The molecule has 1 aromatic heterocycles. The van der Waals surface area contributed by atoms with Crippen LogP contribution < -0.4 is 0 Å². The molecule has 27 heavy (non-hydrogen) atoms. The molecule has 3 rings (SSSR count). The summed E-state index contributed by atoms with van der Waals surface area (Å²) in [6.07, 6.45) is 1.71. The van der Waals surface area contributed by atoms with Crippen molar-refractivity contribution in [2.45, 2.75) is 33.6 Å². The Morgan fingerprint density at radius 3 is 2.41 bits per heavy atom. The van der Waals surface area contributed by atoms with Crippen LogP contribution in [-0.2, 0) is 4.74 Å². The third-order valence-electron chi connectivity index (χ3n) is 4.49. The summed E-state index contributed by atoms with van der Waals surface area (Å²) in [5.74, 6) is -0.307. The predicted octanol–water partition coefficient (Wildman–Crippen LogP) is 5.55. The summed E-state index contributed by atoms with van der Waals surface area (Å²) in [5, 5.41) is 9.36. The van der Waals surface area contributed by atoms with Gasteiger partial charge in [0.15, 0.2) is 0 Å². The highest BCUT2D eigenvalue weighted by atomic mass is 16.5. The second-order valence-electron chi connectivity index (χ2n) is 6.57. The summed E-state index contributed by atoms with van der Waals surface area (Å²) in [4.78, 5) is 16.5. The summed E-state index contributed by atoms with van der Waals surface area (Å²) in [5.41, 5.74) is 6.00. The maximum atomic E-state index is 11.8. The fraction of sp³-hybridized carbons (Fsp3) is 0.261. The molecule has 0 amide bonds. The number of fused-ring (bicyclic) bond motifs is 1. The second-order valence-corrected chi connectivity index (χ2v) is 6.57. The van der Waals surface area contributed by atoms with Crippen molar-refractivity contribution in [1.82, 2.24) is 4.98 Å². The molecule has 0 saturated heterocycles. The summed E-state index contributed by atoms with van der Waals surface area (Å²) in [6.45, 7) is 6.21. The number of benzene rings is 2. The molecule has 0 bridgehead atoms. The van der Waals surface area contributed by atoms with Crippen molar-refractivity contribution in [3.05, 3.63) is 65.4 Å². The first-order valence-electron chi connectivity index (χ1n) is 9.30. The van der Waals surface area contributed by atoms with Crippen LogP contribution in [0, 0.1) is 12.3 Å². The highest BCUT2D eigenvalue weighted by molar-refractivity contribution is 6.09. The molecule has 0 saturated carbocycles. The lowest BCUT2D eigenvalue weighted by Gasteiger charge is -2.11. The number of rotatable bonds is 6. The highest BCUT2D eigenvalue weighted by Crippen LogP contribution is 2.27. The molecule has 0 aliphatic carbocycles. The van der Waals surface area contributed by atoms with Gasteiger partial charge in [-0.2, -0.15) is 0 Å². The molecule has 2 aromatic carbocycles. The van der Waals surface area contributed by atoms with E-state index in [4.69, 9.17) is 10.1 Å². The van der Waals surface area contributed by atoms with Crippen molar-refractivity contribution in [2.75, 3.05) is 6.61 Å². The number of nitrogens with one attached hydrogen (secondary N) is 1. The Bertz CT molecular complexity index is 991. The van der Waals surface area contributed by atoms with Gasteiger partial charge in [-0.25, -0.2) is 4.79 Å². The number of esters is 1. The van der Waals surface area contributed by atoms with Gasteiger partial charge in [0.1, 0.15) is 0 Å². The van der Waals surface area contributed by atoms with Gasteiger partial charge in [0, 0.05) is 22.4 Å². The summed E-state index contributed by atoms with van der Waals surface area (Å²) < 4.78 is 5.03. The number of nitrogens with zero attached hydrogens (tertiary/aromatic N) is 1. The molecule has 0 unspecified atom stereocenters. The number of carbonyl (C=O) groups excluding carboxylic acids is 1. The van der Waals surface area contributed by atoms with Gasteiger partial charge in [-0.05, 0) is 55.7 Å². The zero-order chi connectivity index (χ0) is 19.4. The van der Waals surface area contributed by atoms with Crippen LogP contribution in [0.5, 0.6) is 0 Å². The molecular formula is C23H24N2O2. The van der Waals surface area contributed by atoms with E-state index in [0.717, 1.165) is 46.1 Å². The van der Waals surface area contributed by atoms with Crippen molar-refractivity contribution in [1.29, 1.82) is 5.41 Å². The average Bonchev–Trinajstić information content (AvgIpc) is 2.67. The molecule has 138 valence electrons. The van der Waals surface area contributed by atoms with Crippen molar-refractivity contribution in [3.8, 4) is 11.1 Å². The van der Waals surface area contributed by atoms with Gasteiger partial charge in [-0.3, -0.25) is 4.98 Å². The number of aryl methyl sites for hydroxylation is 1. The fourth-order valence-electron chi connectivity index (χ4n) is 3.19. The number of ether oxygens (including phenoxy) is 1. The first kappa shape index (κ1) is 18.8. The third-order valence-corrected chi connectivity index (χ3v) is 4.49. The topological polar surface area (TPSA) is 63.0 Å². The number of hydrogen-bond donors (Lipinski definition) is 1. The van der Waals surface area contributed by atoms with E-state index in [1.54, 1.807) is 19.1 Å². The SMILES string of the molecule is CCCC(=N)c1cc(C)nc2cc(-c3ccc(C(=O)OCC)cc3)ccc12. The van der Waals surface area contributed by atoms with Crippen molar-refractivity contribution < 1.29 is 9.53 Å². The number of hydrogen-bond acceptors (Lipinski definition) is 4. The zero-order valence-corrected chi connectivity index (χ0v) is 16.0. The van der Waals surface area contributed by atoms with Crippen LogP contribution in [0.4, 0.5) is 0 Å². The number of pyridine rings is 1. The van der Waals surface area contributed by atoms with Crippen LogP contribution in [0.15, 0.2) is 48.5 Å². The van der Waals surface area contributed by atoms with Gasteiger partial charge < -0.3 is 10.1 Å². The summed E-state index contributed by atoms with van der Waals surface area (Å²) in [6, 6.07) is 15.5. The molecular weight excluding hydrogens is 336 g/mol. The Kier molecular flexibility index (Phi) is 5.65. The Morgan fingerprint density at radius 2 is 1.74 bits per heavy atom. The van der Waals surface area contributed by atoms with Gasteiger partial charge in [0.05, 0.1) is 17.7 Å². The first-order valence-corrected chi connectivity index (χ1v) is 9.30. The number of carbonyl (C=O) groups is 1. The van der Waals surface area contributed by atoms with Crippen molar-refractivity contribution >= 4 is 22.6 Å². The van der Waals surface area contributed by atoms with E-state index in [1.165, 1.54) is 0 Å². The van der Waals surface area contributed by atoms with Crippen LogP contribution in [0.2, 0.25) is 0 Å². The normalized spacial score (nSPS) is 10.8. The molecule has 0 atom stereocenters. The Morgan fingerprint density at radius 1 is 1.04 bits per heavy atom. The lowest BCUT2D eigenvalue weighted by atomic mass is 9.97. The second kappa shape index (κ2) is 8.12. The smallest absolute Gasteiger partial charge is 0.338 e. The van der Waals surface area contributed by atoms with Crippen molar-refractivity contribution in [3.63, 3.8) is 0 Å². The third kappa shape index (κ3) is 4.05. The minimum atomic E-state index is -0.307. The molecule has 4 nitrogen and oxygen atoms in total. The van der Waals surface area contributed by atoms with Crippen molar-refractivity contribution in [2.24, 2.45) is 0 Å². The highest BCUT2D eigenvalue weighted by Gasteiger charge is 2.11. The predicted molar refractivity (Wildman–Crippen MR) is 110 cm³/mol. The largest absolute Gasteiger partial charge is 0.462 e. The standard InChI is InChI=1S/C23H24N2O2/c1-4-6-21(24)20-13-15(3)25-22-14-18(11-12-19(20)22)16-7-9-17(10-8-16)23(26)27-5-2/h7-14,24H,4-6H2,1-3H3. The Hall–Kier alpha value is -3.01. The van der Waals surface area contributed by atoms with Gasteiger partial charge in [-0.15, -0.1) is 0 Å². The first-order chi connectivity index (χ1) is 13.0. The van der Waals surface area contributed by atoms with Gasteiger partial charge in [-0.1, -0.05) is 37.6 Å². The van der Waals surface area contributed by atoms with E-state index in [1.807, 2.05) is 43.3 Å². The Balaban J connectivity index is 1.99. The quantitative estimate of drug-likeness (QED) is 0.463. The minimum absolute atomic E-state index is 0.307. The van der Waals surface area contributed by atoms with Gasteiger partial charge in [0.2, 0.25) is 0 Å². The maximum absolute atomic E-state index is 11.8. The van der Waals surface area contributed by atoms with E-state index in [9.17, 15) is 4.79 Å². The molecule has 0 fully saturated rings. The molecule has 0 spiro atoms. The minimum Gasteiger partial charge on any atom is -0.462 e. The lowest BCUT2D eigenvalue weighted by molar-refractivity contribution is 0.0526. The summed E-state index contributed by atoms with van der Waals surface area (Å²) in [7, 11) is 0. The van der Waals surface area contributed by atoms with Crippen LogP contribution in [0.25, 0.3) is 22.0 Å². The molecule has 0 radical (unpaired) electrons. The van der Waals surface area contributed by atoms with Crippen LogP contribution in [-0.4, -0.2) is 23.3 Å². The lowest BCUT2D eigenvalue weighted by Crippen LogP contribution is -2.04. The molecule has 0 aliphatic heterocycles. The van der Waals surface area contributed by atoms with Gasteiger partial charge in [0.25, 0.3) is 0 Å². The molecule has 1 heterocycles. The van der Waals surface area contributed by atoms with E-state index in [2.05, 4.69) is 11.9 Å². The molecule has 0 aliphatic rings. The number of aromatic nitrogens is 1. The van der Waals surface area contributed by atoms with E-state index in [0.29, 0.717) is 17.9 Å². The Labute approximate surface area is 159 Å². The fourth-order valence-corrected chi connectivity index (χ4v) is 3.19. The molecule has 3 aromatic rings.